The molecule has 1 fully saturated rings. The van der Waals surface area contributed by atoms with Crippen LogP contribution in [0.4, 0.5) is 0 Å². The summed E-state index contributed by atoms with van der Waals surface area (Å²) in [4.78, 5) is 18.2. The molecular weight excluding hydrogens is 269 g/mol. The van der Waals surface area contributed by atoms with Gasteiger partial charge in [0.2, 0.25) is 5.91 Å². The van der Waals surface area contributed by atoms with Crippen molar-refractivity contribution in [2.45, 2.75) is 45.8 Å². The second kappa shape index (κ2) is 5.65. The molecule has 1 amide bonds. The lowest BCUT2D eigenvalue weighted by Crippen LogP contribution is -2.41. The van der Waals surface area contributed by atoms with Crippen molar-refractivity contribution in [3.8, 4) is 0 Å². The summed E-state index contributed by atoms with van der Waals surface area (Å²) in [5.74, 6) is -0.0953. The minimum Gasteiger partial charge on any atom is -0.400 e. The SMILES string of the molecule is CC(=O)NCC(=Cc1cnc[nH]1)B1OC(C)(C)C(C)(C)O1. The molecule has 6 nitrogen and oxygen atoms in total. The molecule has 1 saturated heterocycles. The van der Waals surface area contributed by atoms with Crippen LogP contribution in [-0.2, 0) is 14.1 Å². The number of rotatable bonds is 4. The second-order valence-electron chi connectivity index (χ2n) is 6.22. The van der Waals surface area contributed by atoms with Crippen LogP contribution in [0.1, 0.15) is 40.3 Å². The van der Waals surface area contributed by atoms with Crippen LogP contribution in [0.3, 0.4) is 0 Å². The van der Waals surface area contributed by atoms with Gasteiger partial charge in [-0.15, -0.1) is 0 Å². The third-order valence-corrected chi connectivity index (χ3v) is 3.96. The van der Waals surface area contributed by atoms with E-state index in [9.17, 15) is 4.79 Å². The van der Waals surface area contributed by atoms with Crippen LogP contribution >= 0.6 is 0 Å². The first-order valence-electron chi connectivity index (χ1n) is 7.00. The molecular formula is C14H22BN3O3. The molecule has 21 heavy (non-hydrogen) atoms. The predicted molar refractivity (Wildman–Crippen MR) is 81.3 cm³/mol. The Morgan fingerprint density at radius 3 is 2.48 bits per heavy atom. The number of nitrogens with zero attached hydrogens (tertiary/aromatic N) is 1. The number of hydrogen-bond acceptors (Lipinski definition) is 4. The summed E-state index contributed by atoms with van der Waals surface area (Å²) in [5.41, 5.74) is 0.847. The summed E-state index contributed by atoms with van der Waals surface area (Å²) in [6.45, 7) is 9.85. The first kappa shape index (κ1) is 15.8. The Morgan fingerprint density at radius 2 is 2.00 bits per heavy atom. The number of hydrogen-bond donors (Lipinski definition) is 2. The number of aromatic amines is 1. The van der Waals surface area contributed by atoms with Gasteiger partial charge in [0, 0.05) is 13.5 Å². The zero-order valence-corrected chi connectivity index (χ0v) is 13.2. The highest BCUT2D eigenvalue weighted by Gasteiger charge is 2.52. The minimum atomic E-state index is -0.495. The standard InChI is InChI=1S/C14H22BN3O3/c1-10(19)17-7-11(6-12-8-16-9-18-12)15-20-13(2,3)14(4,5)21-15/h6,8-9H,7H2,1-5H3,(H,16,18)(H,17,19). The van der Waals surface area contributed by atoms with Gasteiger partial charge >= 0.3 is 7.12 Å². The highest BCUT2D eigenvalue weighted by Crippen LogP contribution is 2.38. The van der Waals surface area contributed by atoms with E-state index < -0.39 is 18.3 Å². The summed E-state index contributed by atoms with van der Waals surface area (Å²) in [6.07, 6.45) is 5.20. The van der Waals surface area contributed by atoms with Crippen molar-refractivity contribution in [3.63, 3.8) is 0 Å². The van der Waals surface area contributed by atoms with Gasteiger partial charge in [0.1, 0.15) is 0 Å². The molecule has 2 heterocycles. The van der Waals surface area contributed by atoms with E-state index in [1.807, 2.05) is 33.8 Å². The summed E-state index contributed by atoms with van der Waals surface area (Å²) < 4.78 is 12.1. The van der Waals surface area contributed by atoms with Gasteiger partial charge in [-0.1, -0.05) is 0 Å². The van der Waals surface area contributed by atoms with E-state index in [-0.39, 0.29) is 5.91 Å². The van der Waals surface area contributed by atoms with Crippen molar-refractivity contribution in [2.75, 3.05) is 6.54 Å². The lowest BCUT2D eigenvalue weighted by Gasteiger charge is -2.32. The minimum absolute atomic E-state index is 0.0953. The van der Waals surface area contributed by atoms with E-state index >= 15 is 0 Å². The van der Waals surface area contributed by atoms with Crippen LogP contribution < -0.4 is 5.32 Å². The van der Waals surface area contributed by atoms with E-state index in [2.05, 4.69) is 15.3 Å². The highest BCUT2D eigenvalue weighted by molar-refractivity contribution is 6.56. The van der Waals surface area contributed by atoms with Crippen LogP contribution in [0.5, 0.6) is 0 Å². The maximum atomic E-state index is 11.2. The fourth-order valence-corrected chi connectivity index (χ4v) is 1.97. The quantitative estimate of drug-likeness (QED) is 0.825. The van der Waals surface area contributed by atoms with E-state index in [4.69, 9.17) is 9.31 Å². The molecule has 0 aliphatic carbocycles. The average molecular weight is 291 g/mol. The Labute approximate surface area is 125 Å². The van der Waals surface area contributed by atoms with Crippen LogP contribution in [0.2, 0.25) is 0 Å². The van der Waals surface area contributed by atoms with Gasteiger partial charge in [-0.3, -0.25) is 4.79 Å². The van der Waals surface area contributed by atoms with Crippen molar-refractivity contribution >= 4 is 19.1 Å². The Kier molecular flexibility index (Phi) is 4.25. The smallest absolute Gasteiger partial charge is 0.400 e. The van der Waals surface area contributed by atoms with Crippen LogP contribution in [0.15, 0.2) is 18.0 Å². The molecule has 114 valence electrons. The Balaban J connectivity index is 2.22. The molecule has 0 saturated carbocycles. The third-order valence-electron chi connectivity index (χ3n) is 3.96. The average Bonchev–Trinajstić information content (AvgIpc) is 2.91. The maximum absolute atomic E-state index is 11.2. The number of imidazole rings is 1. The van der Waals surface area contributed by atoms with Crippen LogP contribution in [0.25, 0.3) is 6.08 Å². The topological polar surface area (TPSA) is 76.2 Å². The van der Waals surface area contributed by atoms with Crippen molar-refractivity contribution < 1.29 is 14.1 Å². The summed E-state index contributed by atoms with van der Waals surface area (Å²) in [5, 5.41) is 2.79. The maximum Gasteiger partial charge on any atom is 0.492 e. The summed E-state index contributed by atoms with van der Waals surface area (Å²) >= 11 is 0. The number of aromatic nitrogens is 2. The molecule has 0 unspecified atom stereocenters. The monoisotopic (exact) mass is 291 g/mol. The van der Waals surface area contributed by atoms with Crippen LogP contribution in [-0.4, -0.2) is 40.7 Å². The number of carbonyl (C=O) groups excluding carboxylic acids is 1. The first-order chi connectivity index (χ1) is 9.71. The molecule has 7 heteroatoms. The fourth-order valence-electron chi connectivity index (χ4n) is 1.97. The van der Waals surface area contributed by atoms with Gasteiger partial charge in [-0.2, -0.15) is 0 Å². The van der Waals surface area contributed by atoms with Crippen molar-refractivity contribution in [1.82, 2.24) is 15.3 Å². The number of amides is 1. The largest absolute Gasteiger partial charge is 0.492 e. The normalized spacial score (nSPS) is 20.6. The Morgan fingerprint density at radius 1 is 1.38 bits per heavy atom. The lowest BCUT2D eigenvalue weighted by atomic mass is 9.77. The van der Waals surface area contributed by atoms with E-state index in [1.54, 1.807) is 12.5 Å². The zero-order valence-electron chi connectivity index (χ0n) is 13.2. The van der Waals surface area contributed by atoms with Crippen molar-refractivity contribution in [3.05, 3.63) is 23.7 Å². The number of H-pyrrole nitrogens is 1. The molecule has 1 aliphatic heterocycles. The van der Waals surface area contributed by atoms with Gasteiger partial charge in [-0.25, -0.2) is 4.98 Å². The van der Waals surface area contributed by atoms with Crippen molar-refractivity contribution in [1.29, 1.82) is 0 Å². The molecule has 2 rings (SSSR count). The Bertz CT molecular complexity index is 522. The molecule has 1 aromatic heterocycles. The van der Waals surface area contributed by atoms with Crippen molar-refractivity contribution in [2.24, 2.45) is 0 Å². The molecule has 0 radical (unpaired) electrons. The fraction of sp³-hybridized carbons (Fsp3) is 0.571. The molecule has 1 aromatic rings. The second-order valence-corrected chi connectivity index (χ2v) is 6.22. The molecule has 0 bridgehead atoms. The molecule has 0 spiro atoms. The van der Waals surface area contributed by atoms with Gasteiger partial charge in [0.15, 0.2) is 0 Å². The van der Waals surface area contributed by atoms with E-state index in [1.165, 1.54) is 6.92 Å². The van der Waals surface area contributed by atoms with Crippen LogP contribution in [0, 0.1) is 0 Å². The van der Waals surface area contributed by atoms with E-state index in [0.717, 1.165) is 11.2 Å². The first-order valence-corrected chi connectivity index (χ1v) is 7.00. The van der Waals surface area contributed by atoms with E-state index in [0.29, 0.717) is 6.54 Å². The number of nitrogens with one attached hydrogen (secondary N) is 2. The summed E-state index contributed by atoms with van der Waals surface area (Å²) in [6, 6.07) is 0. The van der Waals surface area contributed by atoms with Gasteiger partial charge in [0.25, 0.3) is 0 Å². The predicted octanol–water partition coefficient (Wildman–Crippen LogP) is 1.56. The lowest BCUT2D eigenvalue weighted by molar-refractivity contribution is -0.118. The zero-order chi connectivity index (χ0) is 15.7. The molecule has 0 aromatic carbocycles. The Hall–Kier alpha value is -1.60. The molecule has 0 atom stereocenters. The molecule has 1 aliphatic rings. The van der Waals surface area contributed by atoms with Gasteiger partial charge in [0.05, 0.1) is 29.4 Å². The third kappa shape index (κ3) is 3.54. The molecule has 2 N–H and O–H groups in total. The van der Waals surface area contributed by atoms with Gasteiger partial charge in [-0.05, 0) is 39.2 Å². The van der Waals surface area contributed by atoms with Gasteiger partial charge < -0.3 is 19.6 Å². The highest BCUT2D eigenvalue weighted by atomic mass is 16.7. The number of carbonyl (C=O) groups is 1. The summed E-state index contributed by atoms with van der Waals surface area (Å²) in [7, 11) is -0.495.